The Balaban J connectivity index is 2.13. The quantitative estimate of drug-likeness (QED) is 0.808. The van der Waals surface area contributed by atoms with E-state index in [0.717, 1.165) is 37.4 Å². The Kier molecular flexibility index (Phi) is 5.66. The van der Waals surface area contributed by atoms with Gasteiger partial charge in [0.15, 0.2) is 0 Å². The van der Waals surface area contributed by atoms with Crippen LogP contribution in [0.2, 0.25) is 0 Å². The minimum absolute atomic E-state index is 0.221. The summed E-state index contributed by atoms with van der Waals surface area (Å²) in [4.78, 5) is 0.221. The second-order valence-corrected chi connectivity index (χ2v) is 7.42. The molecule has 0 saturated heterocycles. The van der Waals surface area contributed by atoms with E-state index in [2.05, 4.69) is 27.3 Å². The van der Waals surface area contributed by atoms with Crippen molar-refractivity contribution in [1.82, 2.24) is 13.5 Å². The van der Waals surface area contributed by atoms with Crippen LogP contribution in [0.5, 0.6) is 0 Å². The highest BCUT2D eigenvalue weighted by atomic mass is 32.2. The molecule has 0 aliphatic carbocycles. The molecule has 1 aromatic carbocycles. The molecule has 0 amide bonds. The van der Waals surface area contributed by atoms with Crippen LogP contribution in [-0.2, 0) is 10.0 Å². The van der Waals surface area contributed by atoms with Crippen molar-refractivity contribution in [2.24, 2.45) is 5.92 Å². The lowest BCUT2D eigenvalue weighted by Crippen LogP contribution is -2.29. The summed E-state index contributed by atoms with van der Waals surface area (Å²) in [5.41, 5.74) is 1.08. The number of nitrogens with one attached hydrogen (secondary N) is 1. The molecule has 7 heteroatoms. The van der Waals surface area contributed by atoms with Crippen molar-refractivity contribution in [3.63, 3.8) is 0 Å². The van der Waals surface area contributed by atoms with Gasteiger partial charge in [0.2, 0.25) is 10.0 Å². The van der Waals surface area contributed by atoms with Crippen molar-refractivity contribution >= 4 is 32.8 Å². The molecule has 1 atom stereocenters. The van der Waals surface area contributed by atoms with Crippen LogP contribution in [0.1, 0.15) is 39.5 Å². The Morgan fingerprint density at radius 1 is 1.29 bits per heavy atom. The Hall–Kier alpha value is -1.05. The molecule has 1 unspecified atom stereocenters. The molecule has 0 bridgehead atoms. The number of sulfonamides is 1. The van der Waals surface area contributed by atoms with Gasteiger partial charge in [0.25, 0.3) is 0 Å². The first-order chi connectivity index (χ1) is 10.1. The summed E-state index contributed by atoms with van der Waals surface area (Å²) >= 11 is 1.03. The summed E-state index contributed by atoms with van der Waals surface area (Å²) in [6.45, 7) is 4.72. The topological polar surface area (TPSA) is 72.0 Å². The van der Waals surface area contributed by atoms with Gasteiger partial charge in [0, 0.05) is 6.54 Å². The summed E-state index contributed by atoms with van der Waals surface area (Å²) < 4.78 is 35.8. The molecule has 0 aliphatic heterocycles. The molecule has 1 aromatic heterocycles. The first-order valence-corrected chi connectivity index (χ1v) is 9.50. The van der Waals surface area contributed by atoms with Crippen molar-refractivity contribution in [2.75, 3.05) is 6.54 Å². The molecule has 1 N–H and O–H groups in total. The Labute approximate surface area is 130 Å². The molecule has 0 fully saturated rings. The molecule has 116 valence electrons. The van der Waals surface area contributed by atoms with Gasteiger partial charge in [-0.15, -0.1) is 0 Å². The molecule has 0 radical (unpaired) electrons. The van der Waals surface area contributed by atoms with Gasteiger partial charge in [-0.3, -0.25) is 0 Å². The molecular weight excluding hydrogens is 306 g/mol. The van der Waals surface area contributed by atoms with Crippen molar-refractivity contribution in [1.29, 1.82) is 0 Å². The van der Waals surface area contributed by atoms with Crippen molar-refractivity contribution < 1.29 is 8.42 Å². The monoisotopic (exact) mass is 327 g/mol. The van der Waals surface area contributed by atoms with Gasteiger partial charge in [-0.2, -0.15) is 8.75 Å². The van der Waals surface area contributed by atoms with E-state index in [1.54, 1.807) is 18.2 Å². The van der Waals surface area contributed by atoms with Crippen LogP contribution >= 0.6 is 11.7 Å². The normalized spacial score (nSPS) is 13.6. The fraction of sp³-hybridized carbons (Fsp3) is 0.571. The van der Waals surface area contributed by atoms with E-state index in [1.807, 2.05) is 0 Å². The van der Waals surface area contributed by atoms with Gasteiger partial charge in [0.05, 0.1) is 11.7 Å². The average Bonchev–Trinajstić information content (AvgIpc) is 2.95. The fourth-order valence-electron chi connectivity index (χ4n) is 2.25. The van der Waals surface area contributed by atoms with Crippen LogP contribution in [0.25, 0.3) is 11.0 Å². The van der Waals surface area contributed by atoms with Crippen molar-refractivity contribution in [2.45, 2.75) is 44.4 Å². The summed E-state index contributed by atoms with van der Waals surface area (Å²) in [6, 6.07) is 5.06. The second kappa shape index (κ2) is 7.29. The SMILES string of the molecule is CCCCC(CC)CNS(=O)(=O)c1cccc2nsnc12. The van der Waals surface area contributed by atoms with Crippen molar-refractivity contribution in [3.05, 3.63) is 18.2 Å². The number of aromatic nitrogens is 2. The highest BCUT2D eigenvalue weighted by molar-refractivity contribution is 7.89. The number of hydrogen-bond donors (Lipinski definition) is 1. The lowest BCUT2D eigenvalue weighted by molar-refractivity contribution is 0.444. The highest BCUT2D eigenvalue weighted by Crippen LogP contribution is 2.21. The van der Waals surface area contributed by atoms with E-state index in [9.17, 15) is 8.42 Å². The molecule has 2 rings (SSSR count). The van der Waals surface area contributed by atoms with Crippen LogP contribution in [-0.4, -0.2) is 23.7 Å². The maximum absolute atomic E-state index is 12.5. The molecule has 0 saturated carbocycles. The molecule has 21 heavy (non-hydrogen) atoms. The number of benzene rings is 1. The maximum atomic E-state index is 12.5. The van der Waals surface area contributed by atoms with E-state index in [0.29, 0.717) is 23.5 Å². The van der Waals surface area contributed by atoms with Crippen LogP contribution in [0.15, 0.2) is 23.1 Å². The van der Waals surface area contributed by atoms with Crippen LogP contribution in [0, 0.1) is 5.92 Å². The van der Waals surface area contributed by atoms with E-state index < -0.39 is 10.0 Å². The number of unbranched alkanes of at least 4 members (excludes halogenated alkanes) is 1. The third-order valence-electron chi connectivity index (χ3n) is 3.64. The molecular formula is C14H21N3O2S2. The molecule has 0 aliphatic rings. The van der Waals surface area contributed by atoms with Gasteiger partial charge < -0.3 is 0 Å². The molecule has 0 spiro atoms. The molecule has 2 aromatic rings. The minimum Gasteiger partial charge on any atom is -0.211 e. The minimum atomic E-state index is -3.53. The predicted octanol–water partition coefficient (Wildman–Crippen LogP) is 3.19. The summed E-state index contributed by atoms with van der Waals surface area (Å²) in [6.07, 6.45) is 4.29. The van der Waals surface area contributed by atoms with Gasteiger partial charge in [-0.1, -0.05) is 39.2 Å². The number of rotatable bonds is 8. The zero-order chi connectivity index (χ0) is 15.3. The zero-order valence-corrected chi connectivity index (χ0v) is 14.0. The number of nitrogens with zero attached hydrogens (tertiary/aromatic N) is 2. The Bertz CT molecular complexity index is 682. The highest BCUT2D eigenvalue weighted by Gasteiger charge is 2.20. The molecule has 5 nitrogen and oxygen atoms in total. The van der Waals surface area contributed by atoms with Gasteiger partial charge >= 0.3 is 0 Å². The summed E-state index contributed by atoms with van der Waals surface area (Å²) in [5.74, 6) is 0.382. The Morgan fingerprint density at radius 3 is 2.81 bits per heavy atom. The largest absolute Gasteiger partial charge is 0.242 e. The lowest BCUT2D eigenvalue weighted by atomic mass is 10.00. The van der Waals surface area contributed by atoms with E-state index in [4.69, 9.17) is 0 Å². The standard InChI is InChI=1S/C14H21N3O2S2/c1-3-5-7-11(4-2)10-15-21(18,19)13-9-6-8-12-14(13)17-20-16-12/h6,8-9,11,15H,3-5,7,10H2,1-2H3. The van der Waals surface area contributed by atoms with Crippen molar-refractivity contribution in [3.8, 4) is 0 Å². The predicted molar refractivity (Wildman–Crippen MR) is 85.9 cm³/mol. The van der Waals surface area contributed by atoms with Crippen LogP contribution < -0.4 is 4.72 Å². The summed E-state index contributed by atoms with van der Waals surface area (Å²) in [5, 5.41) is 0. The van der Waals surface area contributed by atoms with Gasteiger partial charge in [-0.05, 0) is 24.5 Å². The third-order valence-corrected chi connectivity index (χ3v) is 5.64. The molecule has 1 heterocycles. The maximum Gasteiger partial charge on any atom is 0.242 e. The third kappa shape index (κ3) is 3.99. The fourth-order valence-corrected chi connectivity index (χ4v) is 4.13. The van der Waals surface area contributed by atoms with E-state index >= 15 is 0 Å². The smallest absolute Gasteiger partial charge is 0.211 e. The number of fused-ring (bicyclic) bond motifs is 1. The van der Waals surface area contributed by atoms with Crippen LogP contribution in [0.4, 0.5) is 0 Å². The Morgan fingerprint density at radius 2 is 2.10 bits per heavy atom. The van der Waals surface area contributed by atoms with E-state index in [-0.39, 0.29) is 4.90 Å². The van der Waals surface area contributed by atoms with Gasteiger partial charge in [-0.25, -0.2) is 13.1 Å². The van der Waals surface area contributed by atoms with E-state index in [1.165, 1.54) is 0 Å². The number of hydrogen-bond acceptors (Lipinski definition) is 5. The second-order valence-electron chi connectivity index (χ2n) is 5.16. The zero-order valence-electron chi connectivity index (χ0n) is 12.4. The summed E-state index contributed by atoms with van der Waals surface area (Å²) in [7, 11) is -3.53. The van der Waals surface area contributed by atoms with Crippen LogP contribution in [0.3, 0.4) is 0 Å². The first kappa shape index (κ1) is 16.3. The first-order valence-electron chi connectivity index (χ1n) is 7.29. The van der Waals surface area contributed by atoms with Gasteiger partial charge in [0.1, 0.15) is 15.9 Å². The average molecular weight is 327 g/mol. The lowest BCUT2D eigenvalue weighted by Gasteiger charge is -2.15.